The molecule has 3 aliphatic rings. The van der Waals surface area contributed by atoms with Crippen molar-refractivity contribution in [2.75, 3.05) is 12.0 Å². The average molecular weight is 440 g/mol. The Morgan fingerprint density at radius 3 is 2.27 bits per heavy atom. The monoisotopic (exact) mass is 439 g/mol. The normalized spacial score (nSPS) is 28.3. The van der Waals surface area contributed by atoms with Gasteiger partial charge in [0.15, 0.2) is 5.82 Å². The van der Waals surface area contributed by atoms with Crippen molar-refractivity contribution in [1.29, 1.82) is 0 Å². The molecule has 0 radical (unpaired) electrons. The minimum atomic E-state index is -4.45. The summed E-state index contributed by atoms with van der Waals surface area (Å²) in [6, 6.07) is 5.53. The number of halogens is 3. The number of rotatable bonds is 4. The van der Waals surface area contributed by atoms with Crippen LogP contribution in [0.25, 0.3) is 11.4 Å². The second kappa shape index (κ2) is 7.11. The first-order chi connectivity index (χ1) is 14.0. The Bertz CT molecular complexity index is 1060. The Balaban J connectivity index is 1.68. The molecule has 1 unspecified atom stereocenters. The topological polar surface area (TPSA) is 47.8 Å². The molecule has 1 heterocycles. The number of hydrogen-bond donors (Lipinski definition) is 0. The van der Waals surface area contributed by atoms with E-state index in [9.17, 15) is 17.4 Å². The molecule has 0 spiro atoms. The zero-order valence-corrected chi connectivity index (χ0v) is 18.4. The van der Waals surface area contributed by atoms with Crippen LogP contribution >= 0.6 is 0 Å². The van der Waals surface area contributed by atoms with Gasteiger partial charge in [-0.3, -0.25) is 4.21 Å². The Morgan fingerprint density at radius 2 is 1.70 bits per heavy atom. The van der Waals surface area contributed by atoms with Crippen LogP contribution in [0.15, 0.2) is 24.3 Å². The van der Waals surface area contributed by atoms with Gasteiger partial charge in [-0.2, -0.15) is 13.2 Å². The number of hydrogen-bond acceptors (Lipinski definition) is 3. The summed E-state index contributed by atoms with van der Waals surface area (Å²) < 4.78 is 55.0. The maximum Gasteiger partial charge on any atom is 0.417 e. The number of alkyl halides is 3. The largest absolute Gasteiger partial charge is 0.417 e. The van der Waals surface area contributed by atoms with E-state index in [1.54, 1.807) is 17.7 Å². The van der Waals surface area contributed by atoms with Crippen molar-refractivity contribution in [2.24, 2.45) is 12.5 Å². The van der Waals surface area contributed by atoms with Crippen LogP contribution in [-0.2, 0) is 28.2 Å². The molecule has 0 saturated heterocycles. The van der Waals surface area contributed by atoms with E-state index < -0.39 is 21.3 Å². The summed E-state index contributed by atoms with van der Waals surface area (Å²) in [5.74, 6) is 1.69. The summed E-state index contributed by atoms with van der Waals surface area (Å²) >= 11 is 0. The molecular formula is C22H28F3N3OS. The highest BCUT2D eigenvalue weighted by Gasteiger charge is 2.51. The molecule has 30 heavy (non-hydrogen) atoms. The first-order valence-corrected chi connectivity index (χ1v) is 12.6. The summed E-state index contributed by atoms with van der Waals surface area (Å²) in [6.07, 6.45) is 2.92. The number of fused-ring (bicyclic) bond motifs is 3. The predicted octanol–water partition coefficient (Wildman–Crippen LogP) is 4.83. The average Bonchev–Trinajstić information content (AvgIpc) is 3.10. The van der Waals surface area contributed by atoms with E-state index in [1.807, 2.05) is 13.2 Å². The molecule has 2 aromatic rings. The van der Waals surface area contributed by atoms with Crippen molar-refractivity contribution in [3.8, 4) is 11.4 Å². The van der Waals surface area contributed by atoms with E-state index in [4.69, 9.17) is 0 Å². The molecule has 8 heteroatoms. The summed E-state index contributed by atoms with van der Waals surface area (Å²) in [5.41, 5.74) is -0.773. The smallest absolute Gasteiger partial charge is 0.314 e. The molecule has 5 rings (SSSR count). The standard InChI is InChI=1S/C22H28F3N3OS/c1-4-30(3,29)15-20-9-12-21(13-10-20,14-11-20)19-27-26-18(28(19)2)16-7-5-6-8-17(16)22(23,24)25/h5-8,15H,4,9-14H2,1-3H3. The minimum absolute atomic E-state index is 0.0217. The van der Waals surface area contributed by atoms with Gasteiger partial charge in [0.05, 0.1) is 5.56 Å². The Labute approximate surface area is 175 Å². The lowest BCUT2D eigenvalue weighted by molar-refractivity contribution is -0.137. The minimum Gasteiger partial charge on any atom is -0.314 e. The molecule has 0 aliphatic heterocycles. The number of benzene rings is 1. The lowest BCUT2D eigenvalue weighted by Crippen LogP contribution is -2.47. The van der Waals surface area contributed by atoms with Crippen LogP contribution in [0.1, 0.15) is 56.8 Å². The lowest BCUT2D eigenvalue weighted by Gasteiger charge is -2.51. The number of aromatic nitrogens is 3. The summed E-state index contributed by atoms with van der Waals surface area (Å²) in [4.78, 5) is 0. The van der Waals surface area contributed by atoms with E-state index in [0.717, 1.165) is 50.4 Å². The van der Waals surface area contributed by atoms with Gasteiger partial charge in [-0.05, 0) is 64.9 Å². The zero-order valence-electron chi connectivity index (χ0n) is 17.6. The van der Waals surface area contributed by atoms with Crippen LogP contribution in [0.3, 0.4) is 0 Å². The van der Waals surface area contributed by atoms with Crippen molar-refractivity contribution in [1.82, 2.24) is 14.8 Å². The summed E-state index contributed by atoms with van der Waals surface area (Å²) in [6.45, 7) is 1.96. The molecule has 2 bridgehead atoms. The molecule has 1 aromatic carbocycles. The Morgan fingerprint density at radius 1 is 1.10 bits per heavy atom. The van der Waals surface area contributed by atoms with Crippen molar-refractivity contribution < 1.29 is 17.4 Å². The fourth-order valence-corrected chi connectivity index (χ4v) is 6.87. The molecular weight excluding hydrogens is 411 g/mol. The van der Waals surface area contributed by atoms with Gasteiger partial charge in [-0.1, -0.05) is 25.1 Å². The maximum atomic E-state index is 13.5. The summed E-state index contributed by atoms with van der Waals surface area (Å²) in [5, 5.41) is 10.7. The Kier molecular flexibility index (Phi) is 5.07. The SMILES string of the molecule is CCS(C)(=O)=CC12CCC(c3nnc(-c4ccccc4C(F)(F)F)n3C)(CC1)CC2. The van der Waals surface area contributed by atoms with E-state index in [0.29, 0.717) is 5.75 Å². The maximum absolute atomic E-state index is 13.5. The third-order valence-electron chi connectivity index (χ3n) is 7.20. The van der Waals surface area contributed by atoms with Gasteiger partial charge >= 0.3 is 6.18 Å². The van der Waals surface area contributed by atoms with Gasteiger partial charge in [-0.25, -0.2) is 0 Å². The molecule has 0 N–H and O–H groups in total. The quantitative estimate of drug-likeness (QED) is 0.641. The highest BCUT2D eigenvalue weighted by atomic mass is 32.2. The fraction of sp³-hybridized carbons (Fsp3) is 0.591. The fourth-order valence-electron chi connectivity index (χ4n) is 5.29. The Hall–Kier alpha value is -1.83. The third kappa shape index (κ3) is 3.57. The van der Waals surface area contributed by atoms with Gasteiger partial charge < -0.3 is 4.57 Å². The predicted molar refractivity (Wildman–Crippen MR) is 114 cm³/mol. The molecule has 3 fully saturated rings. The highest BCUT2D eigenvalue weighted by molar-refractivity contribution is 8.00. The van der Waals surface area contributed by atoms with Gasteiger partial charge in [-0.15, -0.1) is 10.2 Å². The van der Waals surface area contributed by atoms with Crippen LogP contribution < -0.4 is 0 Å². The first kappa shape index (κ1) is 21.4. The molecule has 164 valence electrons. The second-order valence-electron chi connectivity index (χ2n) is 9.07. The molecule has 0 amide bonds. The van der Waals surface area contributed by atoms with E-state index in [1.165, 1.54) is 12.1 Å². The van der Waals surface area contributed by atoms with Crippen LogP contribution in [0.5, 0.6) is 0 Å². The van der Waals surface area contributed by atoms with Gasteiger partial charge in [0, 0.05) is 30.0 Å². The van der Waals surface area contributed by atoms with Crippen LogP contribution in [-0.4, -0.2) is 36.3 Å². The second-order valence-corrected chi connectivity index (χ2v) is 12.0. The molecule has 1 aromatic heterocycles. The third-order valence-corrected chi connectivity index (χ3v) is 9.34. The van der Waals surface area contributed by atoms with E-state index in [-0.39, 0.29) is 22.2 Å². The number of nitrogens with zero attached hydrogens (tertiary/aromatic N) is 3. The van der Waals surface area contributed by atoms with Crippen molar-refractivity contribution in [2.45, 2.75) is 57.0 Å². The zero-order chi connectivity index (χ0) is 21.8. The van der Waals surface area contributed by atoms with Crippen LogP contribution in [0.4, 0.5) is 13.2 Å². The molecule has 3 aliphatic carbocycles. The van der Waals surface area contributed by atoms with Gasteiger partial charge in [0.1, 0.15) is 5.82 Å². The first-order valence-electron chi connectivity index (χ1n) is 10.4. The van der Waals surface area contributed by atoms with Gasteiger partial charge in [0.25, 0.3) is 0 Å². The van der Waals surface area contributed by atoms with Crippen LogP contribution in [0, 0.1) is 5.41 Å². The van der Waals surface area contributed by atoms with Crippen molar-refractivity contribution >= 4 is 14.9 Å². The van der Waals surface area contributed by atoms with E-state index >= 15 is 0 Å². The summed E-state index contributed by atoms with van der Waals surface area (Å²) in [7, 11) is -0.154. The van der Waals surface area contributed by atoms with E-state index in [2.05, 4.69) is 15.6 Å². The van der Waals surface area contributed by atoms with Gasteiger partial charge in [0.2, 0.25) is 0 Å². The molecule has 1 atom stereocenters. The highest BCUT2D eigenvalue weighted by Crippen LogP contribution is 2.57. The molecule has 4 nitrogen and oxygen atoms in total. The van der Waals surface area contributed by atoms with Crippen molar-refractivity contribution in [3.05, 3.63) is 35.7 Å². The molecule has 3 saturated carbocycles. The lowest BCUT2D eigenvalue weighted by atomic mass is 9.54. The van der Waals surface area contributed by atoms with Crippen LogP contribution in [0.2, 0.25) is 0 Å². The van der Waals surface area contributed by atoms with Crippen molar-refractivity contribution in [3.63, 3.8) is 0 Å².